The minimum absolute atomic E-state index is 0.0346. The Morgan fingerprint density at radius 3 is 2.38 bits per heavy atom. The second kappa shape index (κ2) is 8.75. The fourth-order valence-corrected chi connectivity index (χ4v) is 3.16. The molecule has 0 atom stereocenters. The molecule has 1 aromatic carbocycles. The van der Waals surface area contributed by atoms with Gasteiger partial charge < -0.3 is 15.4 Å². The highest BCUT2D eigenvalue weighted by atomic mass is 35.5. The van der Waals surface area contributed by atoms with Crippen LogP contribution >= 0.6 is 34.8 Å². The Kier molecular flexibility index (Phi) is 6.40. The Hall–Kier alpha value is -1.76. The first-order valence-electron chi connectivity index (χ1n) is 8.16. The van der Waals surface area contributed by atoms with Crippen molar-refractivity contribution in [1.82, 2.24) is 15.3 Å². The number of hydrogen-bond donors (Lipinski definition) is 2. The highest BCUT2D eigenvalue weighted by Gasteiger charge is 2.24. The number of nitrogens with zero attached hydrogens (tertiary/aromatic N) is 2. The van der Waals surface area contributed by atoms with Crippen LogP contribution in [0.3, 0.4) is 0 Å². The highest BCUT2D eigenvalue weighted by molar-refractivity contribution is 6.42. The van der Waals surface area contributed by atoms with Gasteiger partial charge in [0.1, 0.15) is 6.10 Å². The van der Waals surface area contributed by atoms with E-state index in [-0.39, 0.29) is 18.2 Å². The standard InChI is InChI=1S/C17H17Cl3N4O2/c18-10-8-21-17(22-9-10)26-13-4-1-11(2-5-13)23-16(25)24-12-3-6-14(19)15(20)7-12/h3,6-9,11,13H,1-2,4-5H2,(H2,23,24,25). The van der Waals surface area contributed by atoms with E-state index in [1.165, 1.54) is 12.4 Å². The second-order valence-corrected chi connectivity index (χ2v) is 7.25. The smallest absolute Gasteiger partial charge is 0.319 e. The normalized spacial score (nSPS) is 19.7. The molecule has 9 heteroatoms. The van der Waals surface area contributed by atoms with E-state index in [4.69, 9.17) is 39.5 Å². The molecule has 1 aliphatic carbocycles. The molecule has 0 radical (unpaired) electrons. The van der Waals surface area contributed by atoms with Gasteiger partial charge in [0.05, 0.1) is 27.5 Å². The van der Waals surface area contributed by atoms with Crippen molar-refractivity contribution in [2.75, 3.05) is 5.32 Å². The third-order valence-corrected chi connectivity index (χ3v) is 4.99. The Bertz CT molecular complexity index is 765. The molecule has 1 aliphatic rings. The predicted molar refractivity (Wildman–Crippen MR) is 102 cm³/mol. The Morgan fingerprint density at radius 1 is 1.04 bits per heavy atom. The zero-order valence-electron chi connectivity index (χ0n) is 13.7. The van der Waals surface area contributed by atoms with Crippen molar-refractivity contribution in [2.24, 2.45) is 0 Å². The lowest BCUT2D eigenvalue weighted by molar-refractivity contribution is 0.129. The molecule has 1 fully saturated rings. The number of carbonyl (C=O) groups is 1. The van der Waals surface area contributed by atoms with Crippen molar-refractivity contribution in [3.8, 4) is 6.01 Å². The molecule has 3 rings (SSSR count). The number of benzene rings is 1. The number of ether oxygens (including phenoxy) is 1. The first kappa shape index (κ1) is 19.0. The van der Waals surface area contributed by atoms with E-state index in [1.807, 2.05) is 0 Å². The second-order valence-electron chi connectivity index (χ2n) is 6.00. The molecule has 2 aromatic rings. The highest BCUT2D eigenvalue weighted by Crippen LogP contribution is 2.25. The quantitative estimate of drug-likeness (QED) is 0.741. The summed E-state index contributed by atoms with van der Waals surface area (Å²) in [6, 6.07) is 5.09. The minimum atomic E-state index is -0.270. The number of anilines is 1. The number of carbonyl (C=O) groups excluding carboxylic acids is 1. The molecule has 1 saturated carbocycles. The summed E-state index contributed by atoms with van der Waals surface area (Å²) in [5.74, 6) is 0. The molecule has 0 saturated heterocycles. The summed E-state index contributed by atoms with van der Waals surface area (Å²) >= 11 is 17.6. The number of nitrogens with one attached hydrogen (secondary N) is 2. The summed E-state index contributed by atoms with van der Waals surface area (Å²) in [5, 5.41) is 7.03. The molecular formula is C17H17Cl3N4O2. The summed E-state index contributed by atoms with van der Waals surface area (Å²) < 4.78 is 5.75. The van der Waals surface area contributed by atoms with Gasteiger partial charge in [-0.1, -0.05) is 34.8 Å². The van der Waals surface area contributed by atoms with Crippen LogP contribution in [0.15, 0.2) is 30.6 Å². The summed E-state index contributed by atoms with van der Waals surface area (Å²) in [6.45, 7) is 0. The Labute approximate surface area is 166 Å². The summed E-state index contributed by atoms with van der Waals surface area (Å²) in [6.07, 6.45) is 6.29. The maximum Gasteiger partial charge on any atom is 0.319 e. The zero-order chi connectivity index (χ0) is 18.5. The molecule has 0 unspecified atom stereocenters. The van der Waals surface area contributed by atoms with Crippen molar-refractivity contribution < 1.29 is 9.53 Å². The van der Waals surface area contributed by atoms with E-state index in [0.717, 1.165) is 25.7 Å². The van der Waals surface area contributed by atoms with Crippen LogP contribution in [0.4, 0.5) is 10.5 Å². The van der Waals surface area contributed by atoms with Crippen LogP contribution in [-0.2, 0) is 0 Å². The van der Waals surface area contributed by atoms with E-state index in [1.54, 1.807) is 18.2 Å². The lowest BCUT2D eigenvalue weighted by Crippen LogP contribution is -2.41. The number of halogens is 3. The van der Waals surface area contributed by atoms with Gasteiger partial charge in [0.15, 0.2) is 0 Å². The molecule has 138 valence electrons. The SMILES string of the molecule is O=C(Nc1ccc(Cl)c(Cl)c1)NC1CCC(Oc2ncc(Cl)cn2)CC1. The van der Waals surface area contributed by atoms with Crippen LogP contribution in [0.2, 0.25) is 15.1 Å². The maximum absolute atomic E-state index is 12.1. The Morgan fingerprint density at radius 2 is 1.73 bits per heavy atom. The Balaban J connectivity index is 1.43. The molecule has 0 aliphatic heterocycles. The number of aromatic nitrogens is 2. The topological polar surface area (TPSA) is 76.1 Å². The van der Waals surface area contributed by atoms with E-state index in [2.05, 4.69) is 20.6 Å². The largest absolute Gasteiger partial charge is 0.460 e. The molecule has 2 amide bonds. The van der Waals surface area contributed by atoms with E-state index < -0.39 is 0 Å². The average Bonchev–Trinajstić information content (AvgIpc) is 2.62. The fraction of sp³-hybridized carbons (Fsp3) is 0.353. The summed E-state index contributed by atoms with van der Waals surface area (Å²) in [7, 11) is 0. The van der Waals surface area contributed by atoms with Crippen molar-refractivity contribution in [1.29, 1.82) is 0 Å². The molecule has 2 N–H and O–H groups in total. The van der Waals surface area contributed by atoms with Gasteiger partial charge in [-0.05, 0) is 43.9 Å². The lowest BCUT2D eigenvalue weighted by atomic mass is 9.93. The molecule has 0 spiro atoms. The zero-order valence-corrected chi connectivity index (χ0v) is 16.0. The monoisotopic (exact) mass is 414 g/mol. The third-order valence-electron chi connectivity index (χ3n) is 4.06. The van der Waals surface area contributed by atoms with Crippen LogP contribution in [0, 0.1) is 0 Å². The van der Waals surface area contributed by atoms with Crippen LogP contribution < -0.4 is 15.4 Å². The van der Waals surface area contributed by atoms with E-state index >= 15 is 0 Å². The number of amides is 2. The molecular weight excluding hydrogens is 399 g/mol. The third kappa shape index (κ3) is 5.37. The molecule has 1 aromatic heterocycles. The lowest BCUT2D eigenvalue weighted by Gasteiger charge is -2.28. The maximum atomic E-state index is 12.1. The van der Waals surface area contributed by atoms with Gasteiger partial charge in [0.25, 0.3) is 0 Å². The summed E-state index contributed by atoms with van der Waals surface area (Å²) in [5.41, 5.74) is 0.591. The molecule has 1 heterocycles. The van der Waals surface area contributed by atoms with Crippen LogP contribution in [-0.4, -0.2) is 28.1 Å². The van der Waals surface area contributed by atoms with Gasteiger partial charge >= 0.3 is 12.0 Å². The molecule has 26 heavy (non-hydrogen) atoms. The van der Waals surface area contributed by atoms with Crippen LogP contribution in [0.5, 0.6) is 6.01 Å². The molecule has 0 bridgehead atoms. The predicted octanol–water partition coefficient (Wildman–Crippen LogP) is 4.95. The van der Waals surface area contributed by atoms with Gasteiger partial charge in [-0.25, -0.2) is 14.8 Å². The van der Waals surface area contributed by atoms with Crippen LogP contribution in [0.25, 0.3) is 0 Å². The van der Waals surface area contributed by atoms with Crippen molar-refractivity contribution in [3.63, 3.8) is 0 Å². The van der Waals surface area contributed by atoms with Crippen LogP contribution in [0.1, 0.15) is 25.7 Å². The van der Waals surface area contributed by atoms with Crippen molar-refractivity contribution in [3.05, 3.63) is 45.7 Å². The van der Waals surface area contributed by atoms with E-state index in [0.29, 0.717) is 26.8 Å². The average molecular weight is 416 g/mol. The van der Waals surface area contributed by atoms with Gasteiger partial charge in [-0.3, -0.25) is 0 Å². The number of urea groups is 1. The van der Waals surface area contributed by atoms with E-state index in [9.17, 15) is 4.79 Å². The minimum Gasteiger partial charge on any atom is -0.460 e. The van der Waals surface area contributed by atoms with Crippen molar-refractivity contribution in [2.45, 2.75) is 37.8 Å². The van der Waals surface area contributed by atoms with Gasteiger partial charge in [-0.2, -0.15) is 0 Å². The van der Waals surface area contributed by atoms with Crippen molar-refractivity contribution >= 4 is 46.5 Å². The fourth-order valence-electron chi connectivity index (χ4n) is 2.76. The molecule has 6 nitrogen and oxygen atoms in total. The van der Waals surface area contributed by atoms with Gasteiger partial charge in [0, 0.05) is 11.7 Å². The first-order chi connectivity index (χ1) is 12.5. The number of rotatable bonds is 4. The summed E-state index contributed by atoms with van der Waals surface area (Å²) in [4.78, 5) is 20.2. The van der Waals surface area contributed by atoms with Gasteiger partial charge in [-0.15, -0.1) is 0 Å². The van der Waals surface area contributed by atoms with Gasteiger partial charge in [0.2, 0.25) is 0 Å². The number of hydrogen-bond acceptors (Lipinski definition) is 4. The first-order valence-corrected chi connectivity index (χ1v) is 9.30.